The molecule has 2 fully saturated rings. The number of amides is 1. The monoisotopic (exact) mass is 668 g/mol. The van der Waals surface area contributed by atoms with E-state index < -0.39 is 34.0 Å². The van der Waals surface area contributed by atoms with Gasteiger partial charge in [0.05, 0.1) is 11.5 Å². The number of nitrogens with zero attached hydrogens (tertiary/aromatic N) is 3. The van der Waals surface area contributed by atoms with Crippen molar-refractivity contribution in [1.29, 1.82) is 0 Å². The number of piperazine rings is 1. The van der Waals surface area contributed by atoms with Gasteiger partial charge < -0.3 is 20.1 Å². The first kappa shape index (κ1) is 33.7. The molecule has 2 N–H and O–H groups in total. The third-order valence-electron chi connectivity index (χ3n) is 8.54. The van der Waals surface area contributed by atoms with E-state index in [1.54, 1.807) is 36.4 Å². The van der Waals surface area contributed by atoms with Crippen molar-refractivity contribution in [2.45, 2.75) is 49.6 Å². The number of benzene rings is 3. The van der Waals surface area contributed by atoms with Crippen LogP contribution in [0.4, 0.5) is 5.69 Å². The normalized spacial score (nSPS) is 18.3. The highest BCUT2D eigenvalue weighted by atomic mass is 35.5. The van der Waals surface area contributed by atoms with E-state index in [0.717, 1.165) is 55.4 Å². The highest BCUT2D eigenvalue weighted by molar-refractivity contribution is 7.89. The van der Waals surface area contributed by atoms with Crippen molar-refractivity contribution in [1.82, 2.24) is 14.5 Å². The number of carboxylic acid groups (broad SMARTS) is 1. The van der Waals surface area contributed by atoms with E-state index in [2.05, 4.69) is 21.2 Å². The number of anilines is 1. The lowest BCUT2D eigenvalue weighted by atomic mass is 10.1. The van der Waals surface area contributed by atoms with Crippen LogP contribution in [0.25, 0.3) is 0 Å². The standard InChI is InChI=1S/C34H41ClN4O6S/c1-25-8-14-30(15-9-25)46(43,44)39-17-3-7-32(39)33(40)36-31(34(41)42)23-26-10-12-29(13-11-26)45-22-4-16-37-18-20-38(21-19-37)28-6-2-5-27(35)24-28/h2,5-6,8-15,24,31-32H,3-4,7,16-23H2,1H3,(H,36,40)(H,41,42)/t31-,32-/m0/s1. The van der Waals surface area contributed by atoms with Crippen molar-refractivity contribution < 1.29 is 27.9 Å². The molecule has 3 aromatic rings. The van der Waals surface area contributed by atoms with Crippen molar-refractivity contribution >= 4 is 39.2 Å². The highest BCUT2D eigenvalue weighted by Gasteiger charge is 2.40. The van der Waals surface area contributed by atoms with Crippen LogP contribution in [0.3, 0.4) is 0 Å². The van der Waals surface area contributed by atoms with Crippen molar-refractivity contribution in [3.63, 3.8) is 0 Å². The summed E-state index contributed by atoms with van der Waals surface area (Å²) in [5, 5.41) is 13.2. The maximum Gasteiger partial charge on any atom is 0.326 e. The molecule has 2 heterocycles. The van der Waals surface area contributed by atoms with Crippen molar-refractivity contribution in [2.24, 2.45) is 0 Å². The summed E-state index contributed by atoms with van der Waals surface area (Å²) in [5.41, 5.74) is 2.79. The van der Waals surface area contributed by atoms with E-state index in [0.29, 0.717) is 30.8 Å². The van der Waals surface area contributed by atoms with E-state index in [1.807, 2.05) is 25.1 Å². The van der Waals surface area contributed by atoms with Gasteiger partial charge in [0, 0.05) is 56.4 Å². The minimum atomic E-state index is -3.90. The van der Waals surface area contributed by atoms with Crippen molar-refractivity contribution in [3.8, 4) is 5.75 Å². The van der Waals surface area contributed by atoms with Crippen LogP contribution in [0.1, 0.15) is 30.4 Å². The van der Waals surface area contributed by atoms with Gasteiger partial charge in [-0.2, -0.15) is 4.31 Å². The number of hydrogen-bond acceptors (Lipinski definition) is 7. The number of aryl methyl sites for hydroxylation is 1. The lowest BCUT2D eigenvalue weighted by Crippen LogP contribution is -2.51. The van der Waals surface area contributed by atoms with Gasteiger partial charge >= 0.3 is 5.97 Å². The summed E-state index contributed by atoms with van der Waals surface area (Å²) in [5.74, 6) is -1.10. The molecule has 12 heteroatoms. The van der Waals surface area contributed by atoms with Gasteiger partial charge in [0.2, 0.25) is 15.9 Å². The van der Waals surface area contributed by atoms with Crippen LogP contribution in [0.5, 0.6) is 5.75 Å². The number of sulfonamides is 1. The van der Waals surface area contributed by atoms with Crippen LogP contribution in [-0.4, -0.2) is 92.6 Å². The Morgan fingerprint density at radius 1 is 1.00 bits per heavy atom. The number of carbonyl (C=O) groups is 2. The summed E-state index contributed by atoms with van der Waals surface area (Å²) in [7, 11) is -3.90. The van der Waals surface area contributed by atoms with Crippen LogP contribution in [0.15, 0.2) is 77.7 Å². The Bertz CT molecular complexity index is 1590. The molecule has 0 bridgehead atoms. The molecule has 0 radical (unpaired) electrons. The Hall–Kier alpha value is -3.64. The Balaban J connectivity index is 1.07. The predicted octanol–water partition coefficient (Wildman–Crippen LogP) is 4.20. The quantitative estimate of drug-likeness (QED) is 0.260. The number of carbonyl (C=O) groups excluding carboxylic acids is 1. The lowest BCUT2D eigenvalue weighted by Gasteiger charge is -2.36. The smallest absolute Gasteiger partial charge is 0.326 e. The molecule has 246 valence electrons. The molecule has 2 aliphatic heterocycles. The SMILES string of the molecule is Cc1ccc(S(=O)(=O)N2CCC[C@H]2C(=O)N[C@@H](Cc2ccc(OCCCN3CCN(c4cccc(Cl)c4)CC3)cc2)C(=O)O)cc1. The zero-order valence-electron chi connectivity index (χ0n) is 26.0. The fourth-order valence-corrected chi connectivity index (χ4v) is 7.78. The number of carboxylic acids is 1. The van der Waals surface area contributed by atoms with Gasteiger partial charge in [-0.15, -0.1) is 0 Å². The molecule has 2 atom stereocenters. The zero-order valence-corrected chi connectivity index (χ0v) is 27.5. The molecule has 0 spiro atoms. The molecule has 0 aliphatic carbocycles. The maximum absolute atomic E-state index is 13.3. The molecule has 3 aromatic carbocycles. The van der Waals surface area contributed by atoms with E-state index in [9.17, 15) is 23.1 Å². The van der Waals surface area contributed by atoms with Crippen LogP contribution >= 0.6 is 11.6 Å². The second-order valence-corrected chi connectivity index (χ2v) is 14.2. The summed E-state index contributed by atoms with van der Waals surface area (Å²) in [6.07, 6.45) is 1.78. The van der Waals surface area contributed by atoms with Gasteiger partial charge in [-0.25, -0.2) is 13.2 Å². The van der Waals surface area contributed by atoms with Gasteiger partial charge in [0.25, 0.3) is 0 Å². The van der Waals surface area contributed by atoms with E-state index in [4.69, 9.17) is 16.3 Å². The number of ether oxygens (including phenoxy) is 1. The highest BCUT2D eigenvalue weighted by Crippen LogP contribution is 2.27. The van der Waals surface area contributed by atoms with E-state index in [1.165, 1.54) is 16.4 Å². The molecular formula is C34H41ClN4O6S. The van der Waals surface area contributed by atoms with Crippen LogP contribution in [0, 0.1) is 6.92 Å². The summed E-state index contributed by atoms with van der Waals surface area (Å²) >= 11 is 6.14. The fourth-order valence-electron chi connectivity index (χ4n) is 5.94. The summed E-state index contributed by atoms with van der Waals surface area (Å²) in [6, 6.07) is 19.4. The maximum atomic E-state index is 13.3. The van der Waals surface area contributed by atoms with Crippen LogP contribution < -0.4 is 15.0 Å². The number of aliphatic carboxylic acids is 1. The van der Waals surface area contributed by atoms with E-state index in [-0.39, 0.29) is 17.9 Å². The minimum Gasteiger partial charge on any atom is -0.494 e. The fraction of sp³-hybridized carbons (Fsp3) is 0.412. The molecule has 2 saturated heterocycles. The van der Waals surface area contributed by atoms with Crippen molar-refractivity contribution in [3.05, 3.63) is 88.9 Å². The first-order chi connectivity index (χ1) is 22.1. The van der Waals surface area contributed by atoms with Crippen LogP contribution in [0.2, 0.25) is 5.02 Å². The average molecular weight is 669 g/mol. The summed E-state index contributed by atoms with van der Waals surface area (Å²) < 4.78 is 33.6. The molecule has 0 unspecified atom stereocenters. The molecule has 0 aromatic heterocycles. The number of hydrogen-bond donors (Lipinski definition) is 2. The first-order valence-corrected chi connectivity index (χ1v) is 17.5. The Kier molecular flexibility index (Phi) is 11.2. The van der Waals surface area contributed by atoms with Crippen molar-refractivity contribution in [2.75, 3.05) is 50.8 Å². The minimum absolute atomic E-state index is 0.0555. The molecule has 5 rings (SSSR count). The second kappa shape index (κ2) is 15.3. The summed E-state index contributed by atoms with van der Waals surface area (Å²) in [6.45, 7) is 7.42. The average Bonchev–Trinajstić information content (AvgIpc) is 3.56. The molecule has 1 amide bonds. The Morgan fingerprint density at radius 3 is 2.39 bits per heavy atom. The van der Waals surface area contributed by atoms with Gasteiger partial charge in [0.1, 0.15) is 17.8 Å². The van der Waals surface area contributed by atoms with Gasteiger partial charge in [-0.05, 0) is 74.2 Å². The van der Waals surface area contributed by atoms with E-state index >= 15 is 0 Å². The van der Waals surface area contributed by atoms with Gasteiger partial charge in [-0.3, -0.25) is 9.69 Å². The zero-order chi connectivity index (χ0) is 32.7. The second-order valence-electron chi connectivity index (χ2n) is 11.8. The first-order valence-electron chi connectivity index (χ1n) is 15.7. The van der Waals surface area contributed by atoms with Gasteiger partial charge in [0.15, 0.2) is 0 Å². The predicted molar refractivity (Wildman–Crippen MR) is 178 cm³/mol. The third-order valence-corrected chi connectivity index (χ3v) is 10.7. The molecule has 46 heavy (non-hydrogen) atoms. The Morgan fingerprint density at radius 2 is 1.72 bits per heavy atom. The molecule has 10 nitrogen and oxygen atoms in total. The topological polar surface area (TPSA) is 119 Å². The van der Waals surface area contributed by atoms with Gasteiger partial charge in [-0.1, -0.05) is 47.5 Å². The number of halogens is 1. The summed E-state index contributed by atoms with van der Waals surface area (Å²) in [4.78, 5) is 30.2. The number of nitrogens with one attached hydrogen (secondary N) is 1. The lowest BCUT2D eigenvalue weighted by molar-refractivity contribution is -0.142. The largest absolute Gasteiger partial charge is 0.494 e. The molecule has 2 aliphatic rings. The Labute approximate surface area is 275 Å². The molecule has 0 saturated carbocycles. The van der Waals surface area contributed by atoms with Crippen LogP contribution in [-0.2, 0) is 26.0 Å². The third kappa shape index (κ3) is 8.58. The number of rotatable bonds is 13. The molecular weight excluding hydrogens is 628 g/mol.